The molecule has 0 saturated carbocycles. The van der Waals surface area contributed by atoms with Crippen LogP contribution in [0.3, 0.4) is 0 Å². The Morgan fingerprint density at radius 1 is 0.769 bits per heavy atom. The Bertz CT molecular complexity index is 1520. The van der Waals surface area contributed by atoms with Gasteiger partial charge in [-0.15, -0.1) is 0 Å². The number of anilines is 2. The molecule has 1 aliphatic heterocycles. The van der Waals surface area contributed by atoms with Crippen LogP contribution in [0.15, 0.2) is 103 Å². The lowest BCUT2D eigenvalue weighted by Crippen LogP contribution is -2.28. The molecule has 1 aromatic heterocycles. The molecule has 0 unspecified atom stereocenters. The van der Waals surface area contributed by atoms with Gasteiger partial charge in [0.25, 0.3) is 0 Å². The molecule has 0 bridgehead atoms. The summed E-state index contributed by atoms with van der Waals surface area (Å²) in [6.07, 6.45) is 11.8. The topological polar surface area (TPSA) is 45.2 Å². The Morgan fingerprint density at radius 2 is 1.41 bits per heavy atom. The number of fused-ring (bicyclic) bond motifs is 1. The fraction of sp³-hybridized carbons (Fsp3) is 0.206. The highest BCUT2D eigenvalue weighted by Gasteiger charge is 2.23. The van der Waals surface area contributed by atoms with Crippen LogP contribution >= 0.6 is 0 Å². The standard InChI is InChI=1S/C34H35N5/c1-5-8-13-25(7-3)26-16-18-28(19-17-26)33-35-32(27-14-11-10-12-15-27)36-34(37-33)29-20-21-30-31(23-29)39(22-9-6-2)24-38(30)4/h6-21,23H,5,22,24H2,1-4H3/b9-6-,13-8-,25-7+. The highest BCUT2D eigenvalue weighted by molar-refractivity contribution is 5.81. The molecule has 0 fully saturated rings. The van der Waals surface area contributed by atoms with Gasteiger partial charge in [0.1, 0.15) is 0 Å². The van der Waals surface area contributed by atoms with Crippen molar-refractivity contribution in [1.29, 1.82) is 0 Å². The van der Waals surface area contributed by atoms with Crippen LogP contribution in [-0.2, 0) is 0 Å². The summed E-state index contributed by atoms with van der Waals surface area (Å²) in [5, 5.41) is 0. The van der Waals surface area contributed by atoms with E-state index in [9.17, 15) is 0 Å². The molecule has 4 aromatic rings. The molecule has 5 nitrogen and oxygen atoms in total. The smallest absolute Gasteiger partial charge is 0.164 e. The predicted molar refractivity (Wildman–Crippen MR) is 165 cm³/mol. The molecule has 0 saturated heterocycles. The van der Waals surface area contributed by atoms with Gasteiger partial charge >= 0.3 is 0 Å². The third kappa shape index (κ3) is 5.68. The summed E-state index contributed by atoms with van der Waals surface area (Å²) in [6, 6.07) is 25.1. The molecule has 1 aliphatic rings. The van der Waals surface area contributed by atoms with E-state index in [1.54, 1.807) is 0 Å². The van der Waals surface area contributed by atoms with E-state index in [2.05, 4.69) is 110 Å². The number of benzene rings is 3. The van der Waals surface area contributed by atoms with Gasteiger partial charge in [-0.3, -0.25) is 0 Å². The van der Waals surface area contributed by atoms with Crippen LogP contribution < -0.4 is 9.80 Å². The Kier molecular flexibility index (Phi) is 7.97. The summed E-state index contributed by atoms with van der Waals surface area (Å²) < 4.78 is 0. The molecule has 0 atom stereocenters. The van der Waals surface area contributed by atoms with Gasteiger partial charge in [0.15, 0.2) is 17.5 Å². The molecule has 0 N–H and O–H groups in total. The zero-order valence-corrected chi connectivity index (χ0v) is 23.2. The van der Waals surface area contributed by atoms with Gasteiger partial charge in [-0.2, -0.15) is 0 Å². The summed E-state index contributed by atoms with van der Waals surface area (Å²) in [4.78, 5) is 19.5. The maximum Gasteiger partial charge on any atom is 0.164 e. The molecule has 39 heavy (non-hydrogen) atoms. The Balaban J connectivity index is 1.58. The van der Waals surface area contributed by atoms with Crippen molar-refractivity contribution >= 4 is 16.9 Å². The third-order valence-electron chi connectivity index (χ3n) is 6.92. The first-order valence-corrected chi connectivity index (χ1v) is 13.6. The molecule has 0 spiro atoms. The molecule has 5 rings (SSSR count). The third-order valence-corrected chi connectivity index (χ3v) is 6.92. The summed E-state index contributed by atoms with van der Waals surface area (Å²) >= 11 is 0. The summed E-state index contributed by atoms with van der Waals surface area (Å²) in [5.41, 5.74) is 7.70. The molecule has 196 valence electrons. The zero-order chi connectivity index (χ0) is 27.2. The number of nitrogens with zero attached hydrogens (tertiary/aromatic N) is 5. The maximum atomic E-state index is 4.98. The number of hydrogen-bond donors (Lipinski definition) is 0. The van der Waals surface area contributed by atoms with Crippen molar-refractivity contribution in [2.75, 3.05) is 30.1 Å². The van der Waals surface area contributed by atoms with Gasteiger partial charge in [0, 0.05) is 30.3 Å². The van der Waals surface area contributed by atoms with Crippen LogP contribution in [0, 0.1) is 0 Å². The van der Waals surface area contributed by atoms with Gasteiger partial charge in [0.05, 0.1) is 18.0 Å². The van der Waals surface area contributed by atoms with Crippen LogP contribution in [0.5, 0.6) is 0 Å². The van der Waals surface area contributed by atoms with E-state index >= 15 is 0 Å². The van der Waals surface area contributed by atoms with Crippen LogP contribution in [-0.4, -0.2) is 35.2 Å². The SMILES string of the molecule is C/C=C\CN1CN(C)c2ccc(-c3nc(-c4ccccc4)nc(-c4ccc(C(/C=C\CC)=C/C)cc4)n3)cc21. The van der Waals surface area contributed by atoms with Crippen LogP contribution in [0.1, 0.15) is 32.8 Å². The van der Waals surface area contributed by atoms with Gasteiger partial charge < -0.3 is 9.80 Å². The Labute approximate surface area is 231 Å². The van der Waals surface area contributed by atoms with Gasteiger partial charge in [-0.05, 0) is 49.6 Å². The molecule has 0 amide bonds. The number of aromatic nitrogens is 3. The molecular weight excluding hydrogens is 478 g/mol. The second-order valence-corrected chi connectivity index (χ2v) is 9.64. The first-order valence-electron chi connectivity index (χ1n) is 13.6. The van der Waals surface area contributed by atoms with Crippen molar-refractivity contribution in [2.24, 2.45) is 0 Å². The average molecular weight is 514 g/mol. The number of rotatable bonds is 8. The van der Waals surface area contributed by atoms with E-state index in [1.165, 1.54) is 22.5 Å². The lowest BCUT2D eigenvalue weighted by Gasteiger charge is -2.17. The molecule has 5 heteroatoms. The zero-order valence-electron chi connectivity index (χ0n) is 23.2. The highest BCUT2D eigenvalue weighted by atomic mass is 15.4. The second-order valence-electron chi connectivity index (χ2n) is 9.64. The quantitative estimate of drug-likeness (QED) is 0.176. The van der Waals surface area contributed by atoms with Crippen molar-refractivity contribution < 1.29 is 0 Å². The van der Waals surface area contributed by atoms with Crippen molar-refractivity contribution in [3.8, 4) is 34.2 Å². The number of hydrogen-bond acceptors (Lipinski definition) is 5. The summed E-state index contributed by atoms with van der Waals surface area (Å²) in [6.45, 7) is 8.00. The second kappa shape index (κ2) is 11.9. The fourth-order valence-electron chi connectivity index (χ4n) is 4.80. The normalized spacial score (nSPS) is 13.6. The van der Waals surface area contributed by atoms with Crippen molar-refractivity contribution in [3.63, 3.8) is 0 Å². The van der Waals surface area contributed by atoms with Gasteiger partial charge in [-0.25, -0.2) is 15.0 Å². The van der Waals surface area contributed by atoms with Crippen LogP contribution in [0.25, 0.3) is 39.7 Å². The van der Waals surface area contributed by atoms with E-state index in [1.807, 2.05) is 30.3 Å². The maximum absolute atomic E-state index is 4.98. The molecule has 2 heterocycles. The number of allylic oxidation sites excluding steroid dienone is 5. The summed E-state index contributed by atoms with van der Waals surface area (Å²) in [7, 11) is 2.13. The van der Waals surface area contributed by atoms with Gasteiger partial charge in [0.2, 0.25) is 0 Å². The van der Waals surface area contributed by atoms with E-state index in [0.717, 1.165) is 36.3 Å². The molecule has 3 aromatic carbocycles. The van der Waals surface area contributed by atoms with E-state index in [0.29, 0.717) is 17.5 Å². The van der Waals surface area contributed by atoms with Crippen LogP contribution in [0.4, 0.5) is 11.4 Å². The Hall–Kier alpha value is -4.51. The highest BCUT2D eigenvalue weighted by Crippen LogP contribution is 2.38. The minimum Gasteiger partial charge on any atom is -0.355 e. The minimum absolute atomic E-state index is 0.667. The monoisotopic (exact) mass is 513 g/mol. The lowest BCUT2D eigenvalue weighted by molar-refractivity contribution is 0.873. The van der Waals surface area contributed by atoms with Crippen molar-refractivity contribution in [1.82, 2.24) is 15.0 Å². The largest absolute Gasteiger partial charge is 0.355 e. The molecule has 0 aliphatic carbocycles. The van der Waals surface area contributed by atoms with Crippen molar-refractivity contribution in [2.45, 2.75) is 27.2 Å². The predicted octanol–water partition coefficient (Wildman–Crippen LogP) is 8.03. The van der Waals surface area contributed by atoms with E-state index < -0.39 is 0 Å². The molecular formula is C34H35N5. The fourth-order valence-corrected chi connectivity index (χ4v) is 4.80. The first kappa shape index (κ1) is 26.1. The first-order chi connectivity index (χ1) is 19.1. The van der Waals surface area contributed by atoms with E-state index in [4.69, 9.17) is 15.0 Å². The Morgan fingerprint density at radius 3 is 2.05 bits per heavy atom. The summed E-state index contributed by atoms with van der Waals surface area (Å²) in [5.74, 6) is 2.01. The average Bonchev–Trinajstić information content (AvgIpc) is 3.31. The van der Waals surface area contributed by atoms with Crippen molar-refractivity contribution in [3.05, 3.63) is 109 Å². The molecule has 0 radical (unpaired) electrons. The van der Waals surface area contributed by atoms with E-state index in [-0.39, 0.29) is 0 Å². The lowest BCUT2D eigenvalue weighted by atomic mass is 10.0. The van der Waals surface area contributed by atoms with Gasteiger partial charge in [-0.1, -0.05) is 91.9 Å². The van der Waals surface area contributed by atoms with Crippen LogP contribution in [0.2, 0.25) is 0 Å². The minimum atomic E-state index is 0.667.